The Hall–Kier alpha value is -1.69. The highest BCUT2D eigenvalue weighted by molar-refractivity contribution is 5.85. The minimum atomic E-state index is -0.130. The van der Waals surface area contributed by atoms with Gasteiger partial charge in [-0.1, -0.05) is 6.07 Å². The zero-order valence-corrected chi connectivity index (χ0v) is 15.6. The molecule has 0 spiro atoms. The molecule has 0 bridgehead atoms. The first-order valence-corrected chi connectivity index (χ1v) is 8.48. The Labute approximate surface area is 155 Å². The molecule has 0 radical (unpaired) electrons. The van der Waals surface area contributed by atoms with Crippen LogP contribution in [0.15, 0.2) is 42.7 Å². The highest BCUT2D eigenvalue weighted by atomic mass is 35.5. The van der Waals surface area contributed by atoms with Crippen molar-refractivity contribution in [1.29, 1.82) is 0 Å². The van der Waals surface area contributed by atoms with E-state index in [1.807, 2.05) is 24.3 Å². The molecule has 1 saturated heterocycles. The lowest BCUT2D eigenvalue weighted by atomic mass is 10.1. The molecule has 0 amide bonds. The van der Waals surface area contributed by atoms with Gasteiger partial charge in [-0.2, -0.15) is 0 Å². The first kappa shape index (κ1) is 19.6. The normalized spacial score (nSPS) is 16.4. The number of benzene rings is 1. The zero-order chi connectivity index (χ0) is 16.9. The number of nitrogens with one attached hydrogen (secondary N) is 1. The van der Waals surface area contributed by atoms with Crippen LogP contribution in [-0.4, -0.2) is 43.1 Å². The Kier molecular flexibility index (Phi) is 7.17. The number of nitrogens with zero attached hydrogens (tertiary/aromatic N) is 3. The largest absolute Gasteiger partial charge is 0.367 e. The highest BCUT2D eigenvalue weighted by Crippen LogP contribution is 2.24. The lowest BCUT2D eigenvalue weighted by Gasteiger charge is -2.34. The van der Waals surface area contributed by atoms with Crippen LogP contribution in [0.25, 0.3) is 0 Å². The maximum Gasteiger partial charge on any atom is 0.146 e. The minimum Gasteiger partial charge on any atom is -0.367 e. The maximum atomic E-state index is 14.6. The summed E-state index contributed by atoms with van der Waals surface area (Å²) in [5.41, 5.74) is 2.86. The van der Waals surface area contributed by atoms with Gasteiger partial charge in [-0.15, -0.1) is 12.4 Å². The molecule has 6 heteroatoms. The number of anilines is 1. The zero-order valence-electron chi connectivity index (χ0n) is 14.8. The summed E-state index contributed by atoms with van der Waals surface area (Å²) in [6.07, 6.45) is 3.57. The molecule has 1 aromatic carbocycles. The van der Waals surface area contributed by atoms with Gasteiger partial charge in [0.25, 0.3) is 0 Å². The van der Waals surface area contributed by atoms with Crippen LogP contribution in [0.2, 0.25) is 0 Å². The van der Waals surface area contributed by atoms with E-state index in [1.165, 1.54) is 5.56 Å². The predicted octanol–water partition coefficient (Wildman–Crippen LogP) is 3.25. The van der Waals surface area contributed by atoms with E-state index in [9.17, 15) is 4.39 Å². The van der Waals surface area contributed by atoms with Crippen molar-refractivity contribution in [3.8, 4) is 0 Å². The van der Waals surface area contributed by atoms with E-state index in [4.69, 9.17) is 0 Å². The van der Waals surface area contributed by atoms with Gasteiger partial charge < -0.3 is 15.1 Å². The van der Waals surface area contributed by atoms with Crippen molar-refractivity contribution in [2.75, 3.05) is 38.1 Å². The van der Waals surface area contributed by atoms with Crippen LogP contribution in [0.1, 0.15) is 24.1 Å². The monoisotopic (exact) mass is 364 g/mol. The summed E-state index contributed by atoms with van der Waals surface area (Å²) in [6.45, 7) is 6.51. The third kappa shape index (κ3) is 5.14. The molecule has 0 aliphatic carbocycles. The van der Waals surface area contributed by atoms with Crippen molar-refractivity contribution in [2.45, 2.75) is 19.5 Å². The third-order valence-electron chi connectivity index (χ3n) is 4.68. The van der Waals surface area contributed by atoms with Crippen molar-refractivity contribution in [2.24, 2.45) is 0 Å². The molecular formula is C19H26ClFN4. The average molecular weight is 365 g/mol. The van der Waals surface area contributed by atoms with Crippen LogP contribution in [-0.2, 0) is 6.54 Å². The number of pyridine rings is 1. The second-order valence-corrected chi connectivity index (χ2v) is 6.46. The minimum absolute atomic E-state index is 0. The van der Waals surface area contributed by atoms with E-state index < -0.39 is 0 Å². The van der Waals surface area contributed by atoms with Gasteiger partial charge in [-0.3, -0.25) is 4.98 Å². The summed E-state index contributed by atoms with van der Waals surface area (Å²) >= 11 is 0. The molecule has 0 saturated carbocycles. The van der Waals surface area contributed by atoms with Gasteiger partial charge in [0.05, 0.1) is 5.69 Å². The van der Waals surface area contributed by atoms with Crippen LogP contribution in [0.4, 0.5) is 10.1 Å². The summed E-state index contributed by atoms with van der Waals surface area (Å²) in [6, 6.07) is 9.67. The molecule has 1 N–H and O–H groups in total. The Morgan fingerprint density at radius 1 is 1.12 bits per heavy atom. The molecule has 1 aliphatic heterocycles. The molecule has 2 heterocycles. The highest BCUT2D eigenvalue weighted by Gasteiger charge is 2.18. The van der Waals surface area contributed by atoms with Crippen molar-refractivity contribution in [3.05, 3.63) is 59.7 Å². The van der Waals surface area contributed by atoms with Gasteiger partial charge in [0.15, 0.2) is 0 Å². The molecule has 4 nitrogen and oxygen atoms in total. The maximum absolute atomic E-state index is 14.6. The Morgan fingerprint density at radius 2 is 1.80 bits per heavy atom. The van der Waals surface area contributed by atoms with Gasteiger partial charge >= 0.3 is 0 Å². The van der Waals surface area contributed by atoms with E-state index in [0.717, 1.165) is 38.3 Å². The molecule has 2 aromatic rings. The van der Waals surface area contributed by atoms with E-state index in [2.05, 4.69) is 34.1 Å². The molecule has 3 rings (SSSR count). The standard InChI is InChI=1S/C19H25FN4.ClH/c1-15(22-14-16-5-7-21-8-6-16)17-3-4-19(18(20)13-17)24-11-9-23(2)10-12-24;/h3-8,13,15,22H,9-12,14H2,1-2H3;1H. The summed E-state index contributed by atoms with van der Waals surface area (Å²) < 4.78 is 14.6. The van der Waals surface area contributed by atoms with Crippen LogP contribution in [0.5, 0.6) is 0 Å². The lowest BCUT2D eigenvalue weighted by Crippen LogP contribution is -2.44. The van der Waals surface area contributed by atoms with E-state index in [0.29, 0.717) is 5.69 Å². The SMILES string of the molecule is CC(NCc1ccncc1)c1ccc(N2CCN(C)CC2)c(F)c1.Cl. The fourth-order valence-electron chi connectivity index (χ4n) is 2.99. The van der Waals surface area contributed by atoms with Gasteiger partial charge in [0, 0.05) is 51.2 Å². The Morgan fingerprint density at radius 3 is 2.44 bits per heavy atom. The summed E-state index contributed by atoms with van der Waals surface area (Å²) in [4.78, 5) is 8.42. The van der Waals surface area contributed by atoms with Crippen molar-refractivity contribution >= 4 is 18.1 Å². The second kappa shape index (κ2) is 9.13. The third-order valence-corrected chi connectivity index (χ3v) is 4.68. The molecule has 136 valence electrons. The van der Waals surface area contributed by atoms with Gasteiger partial charge in [0.2, 0.25) is 0 Å². The Balaban J connectivity index is 0.00000225. The predicted molar refractivity (Wildman–Crippen MR) is 103 cm³/mol. The van der Waals surface area contributed by atoms with Crippen LogP contribution in [0.3, 0.4) is 0 Å². The number of likely N-dealkylation sites (N-methyl/N-ethyl adjacent to an activating group) is 1. The van der Waals surface area contributed by atoms with E-state index in [-0.39, 0.29) is 24.3 Å². The molecule has 25 heavy (non-hydrogen) atoms. The van der Waals surface area contributed by atoms with E-state index in [1.54, 1.807) is 18.5 Å². The van der Waals surface area contributed by atoms with Crippen molar-refractivity contribution in [3.63, 3.8) is 0 Å². The van der Waals surface area contributed by atoms with Gasteiger partial charge in [0.1, 0.15) is 5.82 Å². The summed E-state index contributed by atoms with van der Waals surface area (Å²) in [7, 11) is 2.10. The van der Waals surface area contributed by atoms with Crippen LogP contribution in [0, 0.1) is 5.82 Å². The molecule has 1 aromatic heterocycles. The fourth-order valence-corrected chi connectivity index (χ4v) is 2.99. The molecule has 1 fully saturated rings. The average Bonchev–Trinajstić information content (AvgIpc) is 2.61. The first-order valence-electron chi connectivity index (χ1n) is 8.48. The first-order chi connectivity index (χ1) is 11.6. The number of piperazine rings is 1. The number of hydrogen-bond donors (Lipinski definition) is 1. The van der Waals surface area contributed by atoms with E-state index >= 15 is 0 Å². The quantitative estimate of drug-likeness (QED) is 0.882. The molecular weight excluding hydrogens is 339 g/mol. The fraction of sp³-hybridized carbons (Fsp3) is 0.421. The number of halogens is 2. The van der Waals surface area contributed by atoms with Crippen LogP contribution >= 0.6 is 12.4 Å². The van der Waals surface area contributed by atoms with Crippen LogP contribution < -0.4 is 10.2 Å². The number of aromatic nitrogens is 1. The van der Waals surface area contributed by atoms with Crippen molar-refractivity contribution < 1.29 is 4.39 Å². The number of rotatable bonds is 5. The molecule has 1 atom stereocenters. The molecule has 1 aliphatic rings. The summed E-state index contributed by atoms with van der Waals surface area (Å²) in [5.74, 6) is -0.130. The lowest BCUT2D eigenvalue weighted by molar-refractivity contribution is 0.311. The summed E-state index contributed by atoms with van der Waals surface area (Å²) in [5, 5.41) is 3.43. The topological polar surface area (TPSA) is 31.4 Å². The van der Waals surface area contributed by atoms with Gasteiger partial charge in [-0.25, -0.2) is 4.39 Å². The number of hydrogen-bond acceptors (Lipinski definition) is 4. The Bertz CT molecular complexity index is 660. The van der Waals surface area contributed by atoms with Gasteiger partial charge in [-0.05, 0) is 49.4 Å². The van der Waals surface area contributed by atoms with Crippen molar-refractivity contribution in [1.82, 2.24) is 15.2 Å². The second-order valence-electron chi connectivity index (χ2n) is 6.46. The smallest absolute Gasteiger partial charge is 0.146 e. The molecule has 1 unspecified atom stereocenters.